The number of pyridine rings is 1. The lowest BCUT2D eigenvalue weighted by Gasteiger charge is -2.14. The number of aromatic nitrogens is 2. The lowest BCUT2D eigenvalue weighted by molar-refractivity contribution is -0.139. The maximum atomic E-state index is 12.9. The van der Waals surface area contributed by atoms with Crippen LogP contribution < -0.4 is 5.32 Å². The zero-order chi connectivity index (χ0) is 18.8. The van der Waals surface area contributed by atoms with Gasteiger partial charge in [-0.25, -0.2) is 9.78 Å². The number of aryl methyl sites for hydroxylation is 1. The number of rotatable bonds is 6. The summed E-state index contributed by atoms with van der Waals surface area (Å²) in [6.07, 6.45) is -2.19. The summed E-state index contributed by atoms with van der Waals surface area (Å²) in [4.78, 5) is 27.8. The van der Waals surface area contributed by atoms with Gasteiger partial charge in [0.25, 0.3) is 5.91 Å². The van der Waals surface area contributed by atoms with Crippen molar-refractivity contribution in [3.8, 4) is 0 Å². The Bertz CT molecular complexity index is 799. The van der Waals surface area contributed by atoms with E-state index in [1.165, 1.54) is 13.0 Å². The van der Waals surface area contributed by atoms with Gasteiger partial charge in [-0.15, -0.1) is 0 Å². The van der Waals surface area contributed by atoms with Gasteiger partial charge in [0.2, 0.25) is 0 Å². The number of imidazole rings is 1. The van der Waals surface area contributed by atoms with Gasteiger partial charge < -0.3 is 10.4 Å². The van der Waals surface area contributed by atoms with E-state index in [0.717, 1.165) is 23.1 Å². The second-order valence-electron chi connectivity index (χ2n) is 5.70. The SMILES string of the molecule is CCCCC(NC(=O)c1c(C)nc2ccc(C(F)(F)F)cn12)C(=O)O. The summed E-state index contributed by atoms with van der Waals surface area (Å²) in [7, 11) is 0. The summed E-state index contributed by atoms with van der Waals surface area (Å²) in [5.41, 5.74) is -0.636. The van der Waals surface area contributed by atoms with Crippen LogP contribution >= 0.6 is 0 Å². The lowest BCUT2D eigenvalue weighted by Crippen LogP contribution is -2.41. The van der Waals surface area contributed by atoms with Crippen LogP contribution in [0, 0.1) is 6.92 Å². The largest absolute Gasteiger partial charge is 0.480 e. The molecule has 0 radical (unpaired) electrons. The Morgan fingerprint density at radius 2 is 2.04 bits per heavy atom. The average Bonchev–Trinajstić information content (AvgIpc) is 2.84. The standard InChI is InChI=1S/C16H18F3N3O3/c1-3-4-5-11(15(24)25)21-14(23)13-9(2)20-12-7-6-10(8-22(12)13)16(17,18)19/h6-8,11H,3-5H2,1-2H3,(H,21,23)(H,24,25). The molecule has 2 aromatic rings. The number of halogens is 3. The number of hydrogen-bond acceptors (Lipinski definition) is 3. The molecule has 0 aliphatic heterocycles. The second kappa shape index (κ2) is 7.12. The first kappa shape index (κ1) is 18.8. The van der Waals surface area contributed by atoms with E-state index in [-0.39, 0.29) is 23.5 Å². The fourth-order valence-corrected chi connectivity index (χ4v) is 2.50. The fourth-order valence-electron chi connectivity index (χ4n) is 2.50. The Hall–Kier alpha value is -2.58. The van der Waals surface area contributed by atoms with Crippen LogP contribution in [0.4, 0.5) is 13.2 Å². The molecule has 25 heavy (non-hydrogen) atoms. The quantitative estimate of drug-likeness (QED) is 0.832. The molecule has 0 bridgehead atoms. The molecule has 0 saturated carbocycles. The molecule has 2 aromatic heterocycles. The molecule has 2 N–H and O–H groups in total. The van der Waals surface area contributed by atoms with E-state index >= 15 is 0 Å². The van der Waals surface area contributed by atoms with Crippen molar-refractivity contribution in [2.45, 2.75) is 45.3 Å². The molecule has 2 heterocycles. The fraction of sp³-hybridized carbons (Fsp3) is 0.438. The molecule has 1 atom stereocenters. The number of carbonyl (C=O) groups is 2. The van der Waals surface area contributed by atoms with Crippen molar-refractivity contribution in [3.63, 3.8) is 0 Å². The van der Waals surface area contributed by atoms with Crippen molar-refractivity contribution < 1.29 is 27.9 Å². The third kappa shape index (κ3) is 4.09. The zero-order valence-electron chi connectivity index (χ0n) is 13.7. The Balaban J connectivity index is 2.39. The van der Waals surface area contributed by atoms with Crippen LogP contribution in [0.5, 0.6) is 0 Å². The Labute approximate surface area is 141 Å². The Kier molecular flexibility index (Phi) is 5.34. The van der Waals surface area contributed by atoms with Crippen molar-refractivity contribution in [3.05, 3.63) is 35.3 Å². The van der Waals surface area contributed by atoms with E-state index in [2.05, 4.69) is 10.3 Å². The summed E-state index contributed by atoms with van der Waals surface area (Å²) in [5, 5.41) is 11.6. The van der Waals surface area contributed by atoms with Crippen molar-refractivity contribution >= 4 is 17.5 Å². The van der Waals surface area contributed by atoms with Crippen molar-refractivity contribution in [2.75, 3.05) is 0 Å². The van der Waals surface area contributed by atoms with Gasteiger partial charge in [-0.05, 0) is 25.5 Å². The number of aliphatic carboxylic acids is 1. The molecule has 9 heteroatoms. The monoisotopic (exact) mass is 357 g/mol. The number of amides is 1. The van der Waals surface area contributed by atoms with Crippen LogP contribution in [0.2, 0.25) is 0 Å². The molecular weight excluding hydrogens is 339 g/mol. The van der Waals surface area contributed by atoms with Gasteiger partial charge in [-0.3, -0.25) is 9.20 Å². The van der Waals surface area contributed by atoms with E-state index in [0.29, 0.717) is 6.42 Å². The van der Waals surface area contributed by atoms with Gasteiger partial charge in [0.05, 0.1) is 11.3 Å². The number of nitrogens with one attached hydrogen (secondary N) is 1. The topological polar surface area (TPSA) is 83.7 Å². The highest BCUT2D eigenvalue weighted by Gasteiger charge is 2.32. The number of fused-ring (bicyclic) bond motifs is 1. The van der Waals surface area contributed by atoms with Gasteiger partial charge in [-0.2, -0.15) is 13.2 Å². The third-order valence-electron chi connectivity index (χ3n) is 3.79. The molecule has 0 aliphatic rings. The predicted molar refractivity (Wildman–Crippen MR) is 83.3 cm³/mol. The molecule has 0 fully saturated rings. The van der Waals surface area contributed by atoms with E-state index in [9.17, 15) is 27.9 Å². The highest BCUT2D eigenvalue weighted by atomic mass is 19.4. The molecule has 1 amide bonds. The average molecular weight is 357 g/mol. The van der Waals surface area contributed by atoms with Crippen molar-refractivity contribution in [2.24, 2.45) is 0 Å². The number of carbonyl (C=O) groups excluding carboxylic acids is 1. The second-order valence-corrected chi connectivity index (χ2v) is 5.70. The number of carboxylic acid groups (broad SMARTS) is 1. The van der Waals surface area contributed by atoms with E-state index in [1.807, 2.05) is 6.92 Å². The van der Waals surface area contributed by atoms with Gasteiger partial charge in [-0.1, -0.05) is 19.8 Å². The number of hydrogen-bond donors (Lipinski definition) is 2. The summed E-state index contributed by atoms with van der Waals surface area (Å²) >= 11 is 0. The highest BCUT2D eigenvalue weighted by molar-refractivity contribution is 5.97. The van der Waals surface area contributed by atoms with E-state index < -0.39 is 29.7 Å². The molecule has 0 aliphatic carbocycles. The van der Waals surface area contributed by atoms with Crippen LogP contribution in [0.25, 0.3) is 5.65 Å². The molecule has 0 saturated heterocycles. The Morgan fingerprint density at radius 3 is 2.60 bits per heavy atom. The van der Waals surface area contributed by atoms with E-state index in [1.54, 1.807) is 0 Å². The minimum atomic E-state index is -4.56. The van der Waals surface area contributed by atoms with Gasteiger partial charge in [0.15, 0.2) is 0 Å². The molecular formula is C16H18F3N3O3. The number of alkyl halides is 3. The predicted octanol–water partition coefficient (Wildman–Crippen LogP) is 3.03. The number of unbranched alkanes of at least 4 members (excludes halogenated alkanes) is 1. The first-order chi connectivity index (χ1) is 11.6. The van der Waals surface area contributed by atoms with Crippen molar-refractivity contribution in [1.29, 1.82) is 0 Å². The summed E-state index contributed by atoms with van der Waals surface area (Å²) < 4.78 is 39.7. The van der Waals surface area contributed by atoms with Gasteiger partial charge in [0.1, 0.15) is 17.4 Å². The maximum absolute atomic E-state index is 12.9. The summed E-state index contributed by atoms with van der Waals surface area (Å²) in [6.45, 7) is 3.37. The maximum Gasteiger partial charge on any atom is 0.417 e. The zero-order valence-corrected chi connectivity index (χ0v) is 13.7. The lowest BCUT2D eigenvalue weighted by atomic mass is 10.1. The van der Waals surface area contributed by atoms with Crippen LogP contribution in [0.15, 0.2) is 18.3 Å². The van der Waals surface area contributed by atoms with Crippen LogP contribution in [0.1, 0.15) is 47.9 Å². The first-order valence-corrected chi connectivity index (χ1v) is 7.74. The number of nitrogens with zero attached hydrogens (tertiary/aromatic N) is 2. The molecule has 136 valence electrons. The van der Waals surface area contributed by atoms with Crippen LogP contribution in [-0.2, 0) is 11.0 Å². The third-order valence-corrected chi connectivity index (χ3v) is 3.79. The van der Waals surface area contributed by atoms with Crippen molar-refractivity contribution in [1.82, 2.24) is 14.7 Å². The summed E-state index contributed by atoms with van der Waals surface area (Å²) in [6, 6.07) is 0.937. The molecule has 0 aromatic carbocycles. The number of carboxylic acids is 1. The van der Waals surface area contributed by atoms with Gasteiger partial charge >= 0.3 is 12.1 Å². The van der Waals surface area contributed by atoms with Crippen LogP contribution in [-0.4, -0.2) is 32.4 Å². The minimum absolute atomic E-state index is 0.108. The molecule has 0 spiro atoms. The molecule has 6 nitrogen and oxygen atoms in total. The highest BCUT2D eigenvalue weighted by Crippen LogP contribution is 2.29. The van der Waals surface area contributed by atoms with Crippen LogP contribution in [0.3, 0.4) is 0 Å². The smallest absolute Gasteiger partial charge is 0.417 e. The normalized spacial score (nSPS) is 13.0. The first-order valence-electron chi connectivity index (χ1n) is 7.74. The Morgan fingerprint density at radius 1 is 1.36 bits per heavy atom. The molecule has 2 rings (SSSR count). The van der Waals surface area contributed by atoms with Gasteiger partial charge in [0, 0.05) is 6.20 Å². The molecule has 1 unspecified atom stereocenters. The van der Waals surface area contributed by atoms with E-state index in [4.69, 9.17) is 0 Å². The summed E-state index contributed by atoms with van der Waals surface area (Å²) in [5.74, 6) is -1.96. The minimum Gasteiger partial charge on any atom is -0.480 e.